The summed E-state index contributed by atoms with van der Waals surface area (Å²) in [7, 11) is 1.31. The molecule has 0 radical (unpaired) electrons. The van der Waals surface area contributed by atoms with Crippen LogP contribution in [0.4, 0.5) is 16.2 Å². The number of alkyl carbamates (subject to hydrolysis) is 1. The van der Waals surface area contributed by atoms with Gasteiger partial charge in [0.25, 0.3) is 0 Å². The first-order valence-electron chi connectivity index (χ1n) is 6.91. The number of methoxy groups -OCH3 is 1. The summed E-state index contributed by atoms with van der Waals surface area (Å²) in [4.78, 5) is 22.8. The van der Waals surface area contributed by atoms with Crippen molar-refractivity contribution in [2.24, 2.45) is 0 Å². The molecule has 1 aromatic rings. The molecule has 0 saturated carbocycles. The highest BCUT2D eigenvalue weighted by Crippen LogP contribution is 2.20. The molecule has 1 aromatic carbocycles. The van der Waals surface area contributed by atoms with E-state index >= 15 is 0 Å². The monoisotopic (exact) mass is 309 g/mol. The van der Waals surface area contributed by atoms with E-state index in [1.807, 2.05) is 0 Å². The molecule has 0 aliphatic heterocycles. The molecule has 4 N–H and O–H groups in total. The van der Waals surface area contributed by atoms with Crippen molar-refractivity contribution in [2.75, 3.05) is 31.2 Å². The van der Waals surface area contributed by atoms with Crippen LogP contribution in [0.2, 0.25) is 0 Å². The fourth-order valence-corrected chi connectivity index (χ4v) is 1.64. The molecule has 0 unspecified atom stereocenters. The number of ether oxygens (including phenoxy) is 2. The van der Waals surface area contributed by atoms with Crippen LogP contribution in [0.15, 0.2) is 18.2 Å². The second kappa shape index (κ2) is 7.53. The topological polar surface area (TPSA) is 103 Å². The van der Waals surface area contributed by atoms with Crippen molar-refractivity contribution in [1.82, 2.24) is 5.32 Å². The van der Waals surface area contributed by atoms with Crippen LogP contribution in [0.3, 0.4) is 0 Å². The van der Waals surface area contributed by atoms with Crippen LogP contribution >= 0.6 is 0 Å². The Morgan fingerprint density at radius 3 is 2.45 bits per heavy atom. The van der Waals surface area contributed by atoms with Crippen LogP contribution in [0, 0.1) is 0 Å². The average molecular weight is 309 g/mol. The molecule has 0 bridgehead atoms. The molecule has 0 aliphatic rings. The zero-order valence-electron chi connectivity index (χ0n) is 13.4. The van der Waals surface area contributed by atoms with E-state index in [1.165, 1.54) is 13.2 Å². The smallest absolute Gasteiger partial charge is 0.407 e. The average Bonchev–Trinajstić information content (AvgIpc) is 2.42. The molecular weight excluding hydrogens is 286 g/mol. The predicted molar refractivity (Wildman–Crippen MR) is 84.9 cm³/mol. The van der Waals surface area contributed by atoms with Gasteiger partial charge >= 0.3 is 12.1 Å². The zero-order valence-corrected chi connectivity index (χ0v) is 13.4. The SMILES string of the molecule is COC(=O)c1ccc(NCCNC(=O)OC(C)(C)C)c(N)c1. The number of nitrogens with two attached hydrogens (primary N) is 1. The standard InChI is InChI=1S/C15H23N3O4/c1-15(2,3)22-14(20)18-8-7-17-12-6-5-10(9-11(12)16)13(19)21-4/h5-6,9,17H,7-8,16H2,1-4H3,(H,18,20). The zero-order chi connectivity index (χ0) is 16.8. The molecule has 122 valence electrons. The van der Waals surface area contributed by atoms with Gasteiger partial charge in [0, 0.05) is 13.1 Å². The molecule has 0 aliphatic carbocycles. The number of carbonyl (C=O) groups is 2. The van der Waals surface area contributed by atoms with Gasteiger partial charge in [-0.15, -0.1) is 0 Å². The lowest BCUT2D eigenvalue weighted by molar-refractivity contribution is 0.0528. The van der Waals surface area contributed by atoms with Gasteiger partial charge in [-0.3, -0.25) is 0 Å². The van der Waals surface area contributed by atoms with Crippen LogP contribution < -0.4 is 16.4 Å². The molecule has 7 nitrogen and oxygen atoms in total. The van der Waals surface area contributed by atoms with Crippen LogP contribution in [-0.4, -0.2) is 37.9 Å². The molecule has 0 spiro atoms. The van der Waals surface area contributed by atoms with E-state index in [0.717, 1.165) is 0 Å². The summed E-state index contributed by atoms with van der Waals surface area (Å²) in [6.45, 7) is 6.26. The van der Waals surface area contributed by atoms with Gasteiger partial charge < -0.3 is 25.8 Å². The maximum Gasteiger partial charge on any atom is 0.407 e. The Kier molecular flexibility index (Phi) is 6.03. The third-order valence-corrected chi connectivity index (χ3v) is 2.58. The van der Waals surface area contributed by atoms with E-state index in [1.54, 1.807) is 32.9 Å². The number of nitrogens with one attached hydrogen (secondary N) is 2. The van der Waals surface area contributed by atoms with Crippen molar-refractivity contribution < 1.29 is 19.1 Å². The second-order valence-corrected chi connectivity index (χ2v) is 5.65. The van der Waals surface area contributed by atoms with E-state index in [0.29, 0.717) is 30.0 Å². The summed E-state index contributed by atoms with van der Waals surface area (Å²) in [5.41, 5.74) is 6.83. The van der Waals surface area contributed by atoms with Gasteiger partial charge in [0.05, 0.1) is 24.0 Å². The first-order chi connectivity index (χ1) is 10.2. The number of carbonyl (C=O) groups excluding carboxylic acids is 2. The van der Waals surface area contributed by atoms with Gasteiger partial charge in [-0.05, 0) is 39.0 Å². The Balaban J connectivity index is 2.43. The minimum absolute atomic E-state index is 0.382. The molecule has 0 atom stereocenters. The molecule has 0 heterocycles. The van der Waals surface area contributed by atoms with Crippen molar-refractivity contribution >= 4 is 23.4 Å². The Morgan fingerprint density at radius 2 is 1.91 bits per heavy atom. The van der Waals surface area contributed by atoms with Gasteiger partial charge in [-0.2, -0.15) is 0 Å². The largest absolute Gasteiger partial charge is 0.465 e. The van der Waals surface area contributed by atoms with Crippen molar-refractivity contribution in [3.63, 3.8) is 0 Å². The fraction of sp³-hybridized carbons (Fsp3) is 0.467. The van der Waals surface area contributed by atoms with E-state index in [-0.39, 0.29) is 0 Å². The van der Waals surface area contributed by atoms with Gasteiger partial charge in [-0.25, -0.2) is 9.59 Å². The molecule has 1 rings (SSSR count). The van der Waals surface area contributed by atoms with Crippen LogP contribution in [0.25, 0.3) is 0 Å². The normalized spacial score (nSPS) is 10.7. The minimum Gasteiger partial charge on any atom is -0.465 e. The highest BCUT2D eigenvalue weighted by atomic mass is 16.6. The first-order valence-corrected chi connectivity index (χ1v) is 6.91. The van der Waals surface area contributed by atoms with Gasteiger partial charge in [0.15, 0.2) is 0 Å². The summed E-state index contributed by atoms with van der Waals surface area (Å²) in [6.07, 6.45) is -0.469. The van der Waals surface area contributed by atoms with E-state index in [4.69, 9.17) is 10.5 Å². The molecular formula is C15H23N3O4. The molecule has 1 amide bonds. The molecule has 22 heavy (non-hydrogen) atoms. The number of amides is 1. The highest BCUT2D eigenvalue weighted by Gasteiger charge is 2.15. The summed E-state index contributed by atoms with van der Waals surface area (Å²) < 4.78 is 9.73. The maximum atomic E-state index is 11.5. The van der Waals surface area contributed by atoms with E-state index < -0.39 is 17.7 Å². The van der Waals surface area contributed by atoms with Crippen molar-refractivity contribution in [3.8, 4) is 0 Å². The summed E-state index contributed by atoms with van der Waals surface area (Å²) >= 11 is 0. The maximum absolute atomic E-state index is 11.5. The molecule has 0 fully saturated rings. The lowest BCUT2D eigenvalue weighted by atomic mass is 10.1. The number of anilines is 2. The number of rotatable bonds is 5. The van der Waals surface area contributed by atoms with Gasteiger partial charge in [0.1, 0.15) is 5.60 Å². The lowest BCUT2D eigenvalue weighted by Gasteiger charge is -2.19. The first kappa shape index (κ1) is 17.6. The van der Waals surface area contributed by atoms with Gasteiger partial charge in [0.2, 0.25) is 0 Å². The predicted octanol–water partition coefficient (Wildman–Crippen LogP) is 1.99. The van der Waals surface area contributed by atoms with Crippen LogP contribution in [0.1, 0.15) is 31.1 Å². The third kappa shape index (κ3) is 5.90. The Labute approximate surface area is 130 Å². The van der Waals surface area contributed by atoms with Crippen molar-refractivity contribution in [3.05, 3.63) is 23.8 Å². The van der Waals surface area contributed by atoms with Gasteiger partial charge in [-0.1, -0.05) is 0 Å². The van der Waals surface area contributed by atoms with Crippen LogP contribution in [0.5, 0.6) is 0 Å². The number of nitrogen functional groups attached to an aromatic ring is 1. The molecule has 0 saturated heterocycles. The molecule has 0 aromatic heterocycles. The summed E-state index contributed by atoms with van der Waals surface area (Å²) in [5, 5.41) is 5.70. The van der Waals surface area contributed by atoms with E-state index in [2.05, 4.69) is 15.4 Å². The second-order valence-electron chi connectivity index (χ2n) is 5.65. The quantitative estimate of drug-likeness (QED) is 0.437. The number of benzene rings is 1. The van der Waals surface area contributed by atoms with Crippen molar-refractivity contribution in [2.45, 2.75) is 26.4 Å². The summed E-state index contributed by atoms with van der Waals surface area (Å²) in [5.74, 6) is -0.440. The summed E-state index contributed by atoms with van der Waals surface area (Å²) in [6, 6.07) is 4.84. The number of esters is 1. The number of hydrogen-bond acceptors (Lipinski definition) is 6. The fourth-order valence-electron chi connectivity index (χ4n) is 1.64. The van der Waals surface area contributed by atoms with Crippen LogP contribution in [-0.2, 0) is 9.47 Å². The lowest BCUT2D eigenvalue weighted by Crippen LogP contribution is -2.35. The highest BCUT2D eigenvalue weighted by molar-refractivity contribution is 5.91. The third-order valence-electron chi connectivity index (χ3n) is 2.58. The van der Waals surface area contributed by atoms with E-state index in [9.17, 15) is 9.59 Å². The molecule has 7 heteroatoms. The van der Waals surface area contributed by atoms with Crippen molar-refractivity contribution in [1.29, 1.82) is 0 Å². The minimum atomic E-state index is -0.522. The Morgan fingerprint density at radius 1 is 1.23 bits per heavy atom. The Bertz CT molecular complexity index is 538. The number of hydrogen-bond donors (Lipinski definition) is 3. The Hall–Kier alpha value is -2.44.